The normalized spacial score (nSPS) is 19.7. The van der Waals surface area contributed by atoms with Crippen LogP contribution in [0.15, 0.2) is 11.0 Å². The molecule has 0 aromatic carbocycles. The fourth-order valence-electron chi connectivity index (χ4n) is 1.80. The van der Waals surface area contributed by atoms with Gasteiger partial charge < -0.3 is 34.5 Å². The van der Waals surface area contributed by atoms with Crippen LogP contribution in [0.4, 0.5) is 4.39 Å². The summed E-state index contributed by atoms with van der Waals surface area (Å²) < 4.78 is 63.5. The molecule has 0 amide bonds. The highest BCUT2D eigenvalue weighted by atomic mass is 32.1. The maximum Gasteiger partial charge on any atom is 0.490 e. The SMILES string of the molecule is C#C[C@](COP(=O)(O)OP(=O)(O)OP(=O)(O)O)(O[C@H](O)n1cc(F)c(=O)[nH]c1=S)[C@@H](C)O. The van der Waals surface area contributed by atoms with Gasteiger partial charge in [-0.2, -0.15) is 13.0 Å². The largest absolute Gasteiger partial charge is 0.490 e. The van der Waals surface area contributed by atoms with Crippen LogP contribution < -0.4 is 5.56 Å². The Morgan fingerprint density at radius 3 is 2.28 bits per heavy atom. The van der Waals surface area contributed by atoms with Crippen LogP contribution >= 0.6 is 35.7 Å². The Bertz CT molecular complexity index is 1140. The van der Waals surface area contributed by atoms with Crippen molar-refractivity contribution in [2.75, 3.05) is 6.61 Å². The quantitative estimate of drug-likeness (QED) is 0.0811. The number of nitrogens with zero attached hydrogens (tertiary/aromatic N) is 1. The van der Waals surface area contributed by atoms with E-state index in [0.717, 1.165) is 6.92 Å². The molecule has 0 aliphatic heterocycles. The number of hydrogen-bond donors (Lipinski definition) is 7. The number of aliphatic hydroxyl groups is 2. The summed E-state index contributed by atoms with van der Waals surface area (Å²) in [5, 5.41) is 20.1. The van der Waals surface area contributed by atoms with Crippen molar-refractivity contribution in [1.29, 1.82) is 0 Å². The van der Waals surface area contributed by atoms with Gasteiger partial charge in [0.2, 0.25) is 12.2 Å². The van der Waals surface area contributed by atoms with Crippen LogP contribution in [0.2, 0.25) is 0 Å². The standard InChI is InChI=1S/C11H16FN2O14P3S/c1-3-11(6(2)15,26-10(17)14-4-7(12)8(16)13-9(14)32)5-25-30(21,22)28-31(23,24)27-29(18,19)20/h1,4,6,10,15,17H,5H2,2H3,(H,21,22)(H,23,24)(H,13,16,32)(H2,18,19,20)/t6-,10+,11-/m1/s1. The molecule has 7 N–H and O–H groups in total. The van der Waals surface area contributed by atoms with E-state index >= 15 is 0 Å². The van der Waals surface area contributed by atoms with E-state index in [1.54, 1.807) is 5.92 Å². The number of aromatic nitrogens is 2. The number of ether oxygens (including phenoxy) is 1. The van der Waals surface area contributed by atoms with Gasteiger partial charge in [-0.3, -0.25) is 18.9 Å². The fraction of sp³-hybridized carbons (Fsp3) is 0.455. The maximum absolute atomic E-state index is 13.5. The molecule has 0 radical (unpaired) electrons. The number of H-pyrrole nitrogens is 1. The Morgan fingerprint density at radius 2 is 1.81 bits per heavy atom. The Hall–Kier alpha value is -1.12. The number of halogens is 1. The zero-order valence-corrected chi connectivity index (χ0v) is 19.0. The Balaban J connectivity index is 3.12. The molecule has 0 spiro atoms. The molecule has 0 aliphatic rings. The van der Waals surface area contributed by atoms with Crippen LogP contribution in [-0.2, 0) is 31.6 Å². The lowest BCUT2D eigenvalue weighted by Crippen LogP contribution is -2.48. The molecule has 2 unspecified atom stereocenters. The van der Waals surface area contributed by atoms with Crippen LogP contribution in [0.3, 0.4) is 0 Å². The van der Waals surface area contributed by atoms with E-state index in [2.05, 4.69) is 13.1 Å². The van der Waals surface area contributed by atoms with Gasteiger partial charge in [0.1, 0.15) is 6.61 Å². The van der Waals surface area contributed by atoms with E-state index in [1.165, 1.54) is 0 Å². The van der Waals surface area contributed by atoms with E-state index in [9.17, 15) is 38.0 Å². The summed E-state index contributed by atoms with van der Waals surface area (Å²) in [7, 11) is -17.2. The lowest BCUT2D eigenvalue weighted by molar-refractivity contribution is -0.240. The Labute approximate surface area is 182 Å². The van der Waals surface area contributed by atoms with Gasteiger partial charge in [-0.25, -0.2) is 13.7 Å². The van der Waals surface area contributed by atoms with Gasteiger partial charge in [0, 0.05) is 0 Å². The summed E-state index contributed by atoms with van der Waals surface area (Å²) in [4.78, 5) is 48.6. The smallest absolute Gasteiger partial charge is 0.389 e. The highest BCUT2D eigenvalue weighted by molar-refractivity contribution is 7.71. The zero-order valence-electron chi connectivity index (χ0n) is 15.5. The molecule has 0 aliphatic carbocycles. The number of hydrogen-bond acceptors (Lipinski definition) is 11. The van der Waals surface area contributed by atoms with E-state index < -0.39 is 64.3 Å². The number of aliphatic hydroxyl groups excluding tert-OH is 2. The van der Waals surface area contributed by atoms with Gasteiger partial charge >= 0.3 is 23.5 Å². The second kappa shape index (κ2) is 10.4. The lowest BCUT2D eigenvalue weighted by Gasteiger charge is -2.33. The minimum Gasteiger partial charge on any atom is -0.389 e. The predicted octanol–water partition coefficient (Wildman–Crippen LogP) is -0.394. The molecule has 1 aromatic heterocycles. The first-order valence-electron chi connectivity index (χ1n) is 7.64. The van der Waals surface area contributed by atoms with Gasteiger partial charge in [-0.1, -0.05) is 5.92 Å². The van der Waals surface area contributed by atoms with Gasteiger partial charge in [-0.05, 0) is 19.1 Å². The van der Waals surface area contributed by atoms with Crippen LogP contribution in [0, 0.1) is 22.9 Å². The maximum atomic E-state index is 13.5. The number of terminal acetylenes is 1. The minimum absolute atomic E-state index is 0.414. The molecule has 5 atom stereocenters. The molecular weight excluding hydrogens is 528 g/mol. The molecule has 32 heavy (non-hydrogen) atoms. The van der Waals surface area contributed by atoms with Crippen LogP contribution in [0.25, 0.3) is 0 Å². The molecule has 0 saturated carbocycles. The average molecular weight is 544 g/mol. The molecule has 182 valence electrons. The first-order chi connectivity index (χ1) is 14.3. The van der Waals surface area contributed by atoms with Crippen LogP contribution in [-0.4, -0.2) is 57.6 Å². The summed E-state index contributed by atoms with van der Waals surface area (Å²) in [6.07, 6.45) is 1.51. The third-order valence-corrected chi connectivity index (χ3v) is 7.35. The van der Waals surface area contributed by atoms with Crippen molar-refractivity contribution in [1.82, 2.24) is 9.55 Å². The summed E-state index contributed by atoms with van der Waals surface area (Å²) in [6, 6.07) is 0. The third-order valence-electron chi connectivity index (χ3n) is 3.26. The second-order valence-corrected chi connectivity index (χ2v) is 10.5. The number of phosphoric acid groups is 3. The van der Waals surface area contributed by atoms with Gasteiger partial charge in [0.05, 0.1) is 12.3 Å². The zero-order chi connectivity index (χ0) is 25.1. The predicted molar refractivity (Wildman–Crippen MR) is 101 cm³/mol. The number of aromatic amines is 1. The lowest BCUT2D eigenvalue weighted by atomic mass is 10.00. The summed E-state index contributed by atoms with van der Waals surface area (Å²) in [6.45, 7) is -0.402. The molecule has 1 rings (SSSR count). The molecule has 0 bridgehead atoms. The number of nitrogens with one attached hydrogen (secondary N) is 1. The summed E-state index contributed by atoms with van der Waals surface area (Å²) >= 11 is 4.71. The van der Waals surface area contributed by atoms with E-state index in [0.29, 0.717) is 10.8 Å². The molecular formula is C11H16FN2O14P3S. The molecule has 0 saturated heterocycles. The van der Waals surface area contributed by atoms with Crippen molar-refractivity contribution in [2.24, 2.45) is 0 Å². The first-order valence-corrected chi connectivity index (χ1v) is 12.6. The van der Waals surface area contributed by atoms with E-state index in [4.69, 9.17) is 38.1 Å². The molecule has 21 heteroatoms. The van der Waals surface area contributed by atoms with Crippen molar-refractivity contribution in [3.8, 4) is 12.3 Å². The number of rotatable bonds is 11. The Morgan fingerprint density at radius 1 is 1.25 bits per heavy atom. The van der Waals surface area contributed by atoms with Crippen molar-refractivity contribution < 1.29 is 65.8 Å². The van der Waals surface area contributed by atoms with E-state index in [1.807, 2.05) is 4.98 Å². The van der Waals surface area contributed by atoms with Crippen molar-refractivity contribution in [3.63, 3.8) is 0 Å². The first kappa shape index (κ1) is 28.9. The van der Waals surface area contributed by atoms with E-state index in [-0.39, 0.29) is 0 Å². The van der Waals surface area contributed by atoms with Crippen LogP contribution in [0.5, 0.6) is 0 Å². The summed E-state index contributed by atoms with van der Waals surface area (Å²) in [5.41, 5.74) is -3.77. The van der Waals surface area contributed by atoms with Crippen molar-refractivity contribution in [3.05, 3.63) is 27.1 Å². The third kappa shape index (κ3) is 8.34. The van der Waals surface area contributed by atoms with Crippen LogP contribution in [0.1, 0.15) is 13.3 Å². The summed E-state index contributed by atoms with van der Waals surface area (Å²) in [5.74, 6) is 0.385. The molecule has 16 nitrogen and oxygen atoms in total. The average Bonchev–Trinajstić information content (AvgIpc) is 2.58. The monoisotopic (exact) mass is 544 g/mol. The Kier molecular flexibility index (Phi) is 9.42. The van der Waals surface area contributed by atoms with Gasteiger partial charge in [0.25, 0.3) is 5.56 Å². The van der Waals surface area contributed by atoms with Crippen molar-refractivity contribution in [2.45, 2.75) is 25.0 Å². The van der Waals surface area contributed by atoms with Crippen molar-refractivity contribution >= 4 is 35.7 Å². The van der Waals surface area contributed by atoms with Gasteiger partial charge in [-0.15, -0.1) is 6.42 Å². The second-order valence-electron chi connectivity index (χ2n) is 5.66. The topological polar surface area (TPSA) is 247 Å². The highest BCUT2D eigenvalue weighted by Gasteiger charge is 2.45. The molecule has 1 heterocycles. The fourth-order valence-corrected chi connectivity index (χ4v) is 5.08. The molecule has 1 aromatic rings. The number of phosphoric ester groups is 1. The highest BCUT2D eigenvalue weighted by Crippen LogP contribution is 2.66. The van der Waals surface area contributed by atoms with Gasteiger partial charge in [0.15, 0.2) is 10.4 Å². The molecule has 0 fully saturated rings. The minimum atomic E-state index is -5.84.